The Morgan fingerprint density at radius 2 is 1.25 bits per heavy atom. The van der Waals surface area contributed by atoms with E-state index in [1.807, 2.05) is 78.6 Å². The van der Waals surface area contributed by atoms with Gasteiger partial charge in [0.2, 0.25) is 0 Å². The molecular formula is C51H40N4O4. The van der Waals surface area contributed by atoms with E-state index in [0.717, 1.165) is 27.9 Å². The minimum Gasteiger partial charge on any atom is -0.496 e. The number of amides is 1. The number of rotatable bonds is 6. The maximum Gasteiger partial charge on any atom is 0.312 e. The predicted molar refractivity (Wildman–Crippen MR) is 231 cm³/mol. The average Bonchev–Trinajstić information content (AvgIpc) is 3.52. The number of carbonyl (C=O) groups excluding carboxylic acids is 1. The summed E-state index contributed by atoms with van der Waals surface area (Å²) in [5, 5.41) is 15.9. The molecule has 1 aliphatic heterocycles. The SMILES string of the molecule is C=C=C=C=C=C=C.C=C=C=C=C=C=C.C=C=C=C=C=C=C=C.COc1ccc(C2Cc3ccccc3C(=O)N2c2ccc(C)cc2)cc1Cn1nc(C)c([N+](=O)[O-])c1C. The number of ether oxygens (including phenoxy) is 1. The van der Waals surface area contributed by atoms with Crippen LogP contribution in [0.3, 0.4) is 0 Å². The van der Waals surface area contributed by atoms with E-state index in [0.29, 0.717) is 35.7 Å². The highest BCUT2D eigenvalue weighted by molar-refractivity contribution is 6.08. The second-order valence-corrected chi connectivity index (χ2v) is 11.7. The summed E-state index contributed by atoms with van der Waals surface area (Å²) in [4.78, 5) is 26.7. The molecule has 8 nitrogen and oxygen atoms in total. The highest BCUT2D eigenvalue weighted by Gasteiger charge is 2.34. The Bertz CT molecular complexity index is 2700. The summed E-state index contributed by atoms with van der Waals surface area (Å²) in [6, 6.07) is 21.4. The van der Waals surface area contributed by atoms with E-state index in [2.05, 4.69) is 136 Å². The fourth-order valence-electron chi connectivity index (χ4n) is 5.53. The van der Waals surface area contributed by atoms with Crippen LogP contribution in [0.15, 0.2) is 198 Å². The minimum atomic E-state index is -0.396. The highest BCUT2D eigenvalue weighted by atomic mass is 16.6. The van der Waals surface area contributed by atoms with Crippen LogP contribution < -0.4 is 9.64 Å². The molecule has 288 valence electrons. The summed E-state index contributed by atoms with van der Waals surface area (Å²) in [6.07, 6.45) is 0.660. The maximum absolute atomic E-state index is 13.8. The molecule has 59 heavy (non-hydrogen) atoms. The Morgan fingerprint density at radius 1 is 0.746 bits per heavy atom. The molecular weight excluding hydrogens is 733 g/mol. The van der Waals surface area contributed by atoms with Gasteiger partial charge in [0.05, 0.1) is 24.6 Å². The molecule has 2 heterocycles. The van der Waals surface area contributed by atoms with Crippen molar-refractivity contribution in [2.75, 3.05) is 12.0 Å². The topological polar surface area (TPSA) is 90.5 Å². The third kappa shape index (κ3) is 14.1. The zero-order valence-electron chi connectivity index (χ0n) is 33.5. The second-order valence-electron chi connectivity index (χ2n) is 11.7. The number of nitro groups is 1. The van der Waals surface area contributed by atoms with Crippen LogP contribution in [0.2, 0.25) is 0 Å². The first-order chi connectivity index (χ1) is 28.5. The lowest BCUT2D eigenvalue weighted by atomic mass is 9.88. The molecule has 0 fully saturated rings. The van der Waals surface area contributed by atoms with E-state index in [9.17, 15) is 14.9 Å². The van der Waals surface area contributed by atoms with Gasteiger partial charge in [0.15, 0.2) is 0 Å². The Hall–Kier alpha value is -8.76. The fourth-order valence-corrected chi connectivity index (χ4v) is 5.53. The first-order valence-electron chi connectivity index (χ1n) is 17.5. The fraction of sp³-hybridized carbons (Fsp3) is 0.137. The molecule has 1 aliphatic rings. The molecule has 3 aromatic carbocycles. The molecule has 0 saturated carbocycles. The normalized spacial score (nSPS) is 10.7. The number of aromatic nitrogens is 2. The number of aryl methyl sites for hydroxylation is 2. The Labute approximate surface area is 345 Å². The average molecular weight is 773 g/mol. The second kappa shape index (κ2) is 25.3. The van der Waals surface area contributed by atoms with Crippen molar-refractivity contribution < 1.29 is 14.5 Å². The number of carbonyl (C=O) groups is 1. The van der Waals surface area contributed by atoms with E-state index in [1.54, 1.807) is 25.6 Å². The largest absolute Gasteiger partial charge is 0.496 e. The third-order valence-electron chi connectivity index (χ3n) is 8.01. The number of fused-ring (bicyclic) bond motifs is 1. The van der Waals surface area contributed by atoms with E-state index in [1.165, 1.54) is 0 Å². The van der Waals surface area contributed by atoms with Crippen LogP contribution in [0, 0.1) is 30.9 Å². The molecule has 8 heteroatoms. The van der Waals surface area contributed by atoms with E-state index >= 15 is 0 Å². The monoisotopic (exact) mass is 772 g/mol. The minimum absolute atomic E-state index is 0.0233. The van der Waals surface area contributed by atoms with Gasteiger partial charge in [-0.2, -0.15) is 5.10 Å². The van der Waals surface area contributed by atoms with Crippen molar-refractivity contribution in [2.24, 2.45) is 0 Å². The number of nitrogens with zero attached hydrogens (tertiary/aromatic N) is 4. The van der Waals surface area contributed by atoms with Crippen molar-refractivity contribution >= 4 is 17.3 Å². The Morgan fingerprint density at radius 3 is 1.73 bits per heavy atom. The molecule has 5 rings (SSSR count). The van der Waals surface area contributed by atoms with Crippen LogP contribution in [0.25, 0.3) is 0 Å². The number of anilines is 1. The molecule has 1 atom stereocenters. The maximum atomic E-state index is 13.8. The van der Waals surface area contributed by atoms with Gasteiger partial charge in [-0.25, -0.2) is 0 Å². The van der Waals surface area contributed by atoms with Gasteiger partial charge in [-0.15, -0.1) is 0 Å². The van der Waals surface area contributed by atoms with Crippen LogP contribution >= 0.6 is 0 Å². The van der Waals surface area contributed by atoms with Crippen molar-refractivity contribution in [1.29, 1.82) is 0 Å². The van der Waals surface area contributed by atoms with Crippen molar-refractivity contribution in [3.63, 3.8) is 0 Å². The zero-order valence-corrected chi connectivity index (χ0v) is 33.5. The number of methoxy groups -OCH3 is 1. The predicted octanol–water partition coefficient (Wildman–Crippen LogP) is 10.6. The quantitative estimate of drug-likeness (QED) is 0.111. The van der Waals surface area contributed by atoms with Gasteiger partial charge >= 0.3 is 5.69 Å². The van der Waals surface area contributed by atoms with Gasteiger partial charge in [0, 0.05) is 16.8 Å². The first-order valence-corrected chi connectivity index (χ1v) is 17.5. The Kier molecular flexibility index (Phi) is 19.9. The van der Waals surface area contributed by atoms with Gasteiger partial charge in [0.1, 0.15) is 17.1 Å². The van der Waals surface area contributed by atoms with Crippen LogP contribution in [0.1, 0.15) is 50.0 Å². The van der Waals surface area contributed by atoms with Crippen molar-refractivity contribution in [3.05, 3.63) is 247 Å². The lowest BCUT2D eigenvalue weighted by Crippen LogP contribution is -2.40. The van der Waals surface area contributed by atoms with Gasteiger partial charge in [0.25, 0.3) is 5.91 Å². The molecule has 4 aromatic rings. The molecule has 1 amide bonds. The van der Waals surface area contributed by atoms with E-state index in [4.69, 9.17) is 4.74 Å². The zero-order chi connectivity index (χ0) is 43.6. The summed E-state index contributed by atoms with van der Waals surface area (Å²) >= 11 is 0. The number of hydrogen-bond donors (Lipinski definition) is 0. The summed E-state index contributed by atoms with van der Waals surface area (Å²) in [5.74, 6) is 0.616. The van der Waals surface area contributed by atoms with Gasteiger partial charge in [-0.3, -0.25) is 19.6 Å². The van der Waals surface area contributed by atoms with Gasteiger partial charge in [-0.05, 0) is 165 Å². The molecule has 1 unspecified atom stereocenters. The number of hydrogen-bond acceptors (Lipinski definition) is 5. The highest BCUT2D eigenvalue weighted by Crippen LogP contribution is 2.38. The Balaban J connectivity index is 0.000000446. The standard InChI is InChI=1S/C29H28N4O4.C8H4.2C7H4/c1-18-9-12-24(13-10-18)32-26(16-21-7-5-6-8-25(21)29(32)34)22-11-14-27(37-4)23(15-22)17-31-20(3)28(33(35)36)19(2)30-31;1-3-5-7-8-6-4-2;2*1-3-5-7-6-4-2/h5-15,26H,16-17H2,1-4H3;1-2H2;2*1-2H2. The molecule has 0 spiro atoms. The van der Waals surface area contributed by atoms with E-state index < -0.39 is 4.92 Å². The van der Waals surface area contributed by atoms with Crippen LogP contribution in [0.4, 0.5) is 11.4 Å². The smallest absolute Gasteiger partial charge is 0.312 e. The van der Waals surface area contributed by atoms with Crippen molar-refractivity contribution in [1.82, 2.24) is 9.78 Å². The van der Waals surface area contributed by atoms with Crippen LogP contribution in [0.5, 0.6) is 5.75 Å². The molecule has 1 aromatic heterocycles. The van der Waals surface area contributed by atoms with Crippen molar-refractivity contribution in [2.45, 2.75) is 39.8 Å². The number of benzene rings is 3. The molecule has 0 saturated heterocycles. The first kappa shape index (κ1) is 46.4. The summed E-state index contributed by atoms with van der Waals surface area (Å²) in [7, 11) is 1.60. The molecule has 0 N–H and O–H groups in total. The molecule has 0 bridgehead atoms. The lowest BCUT2D eigenvalue weighted by molar-refractivity contribution is -0.386. The summed E-state index contributed by atoms with van der Waals surface area (Å²) in [5.41, 5.74) is 44.8. The van der Waals surface area contributed by atoms with Gasteiger partial charge < -0.3 is 9.64 Å². The van der Waals surface area contributed by atoms with Gasteiger partial charge in [-0.1, -0.05) is 76.3 Å². The summed E-state index contributed by atoms with van der Waals surface area (Å²) < 4.78 is 7.26. The molecule has 0 radical (unpaired) electrons. The van der Waals surface area contributed by atoms with E-state index in [-0.39, 0.29) is 17.6 Å². The van der Waals surface area contributed by atoms with Crippen LogP contribution in [-0.4, -0.2) is 27.7 Å². The van der Waals surface area contributed by atoms with Crippen LogP contribution in [-0.2, 0) is 13.0 Å². The van der Waals surface area contributed by atoms with Crippen molar-refractivity contribution in [3.8, 4) is 5.75 Å². The summed E-state index contributed by atoms with van der Waals surface area (Å²) in [6.45, 7) is 25.2. The third-order valence-corrected chi connectivity index (χ3v) is 8.01. The molecule has 0 aliphatic carbocycles. The lowest BCUT2D eigenvalue weighted by Gasteiger charge is -2.37.